The van der Waals surface area contributed by atoms with Crippen LogP contribution < -0.4 is 15.4 Å². The minimum atomic E-state index is -0.179. The van der Waals surface area contributed by atoms with E-state index >= 15 is 0 Å². The maximum atomic E-state index is 11.7. The summed E-state index contributed by atoms with van der Waals surface area (Å²) in [4.78, 5) is 11.7. The summed E-state index contributed by atoms with van der Waals surface area (Å²) in [5.74, 6) is 0.814. The summed E-state index contributed by atoms with van der Waals surface area (Å²) < 4.78 is 10.1. The molecule has 0 unspecified atom stereocenters. The number of aryl methyl sites for hydroxylation is 1. The van der Waals surface area contributed by atoms with E-state index in [-0.39, 0.29) is 6.03 Å². The molecule has 0 saturated heterocycles. The third-order valence-electron chi connectivity index (χ3n) is 2.96. The van der Waals surface area contributed by atoms with Crippen LogP contribution in [0.1, 0.15) is 24.8 Å². The monoisotopic (exact) mass is 280 g/mol. The molecule has 112 valence electrons. The molecule has 1 aromatic carbocycles. The van der Waals surface area contributed by atoms with Crippen molar-refractivity contribution in [2.45, 2.75) is 26.2 Å². The fraction of sp³-hybridized carbons (Fsp3) is 0.533. The second-order valence-electron chi connectivity index (χ2n) is 4.62. The molecule has 0 bridgehead atoms. The number of anilines is 1. The molecule has 2 amide bonds. The molecule has 0 aliphatic rings. The molecular formula is C15H24N2O3. The van der Waals surface area contributed by atoms with Crippen molar-refractivity contribution in [1.29, 1.82) is 0 Å². The predicted molar refractivity (Wildman–Crippen MR) is 80.5 cm³/mol. The average molecular weight is 280 g/mol. The molecular weight excluding hydrogens is 256 g/mol. The van der Waals surface area contributed by atoms with Gasteiger partial charge in [-0.15, -0.1) is 0 Å². The molecule has 0 atom stereocenters. The number of benzene rings is 1. The smallest absolute Gasteiger partial charge is 0.319 e. The fourth-order valence-corrected chi connectivity index (χ4v) is 1.88. The van der Waals surface area contributed by atoms with Gasteiger partial charge in [-0.2, -0.15) is 0 Å². The summed E-state index contributed by atoms with van der Waals surface area (Å²) in [6.07, 6.45) is 3.03. The van der Waals surface area contributed by atoms with Gasteiger partial charge in [0, 0.05) is 25.9 Å². The van der Waals surface area contributed by atoms with Crippen LogP contribution in [0.2, 0.25) is 0 Å². The van der Waals surface area contributed by atoms with Crippen molar-refractivity contribution in [3.63, 3.8) is 0 Å². The zero-order valence-corrected chi connectivity index (χ0v) is 12.5. The number of ether oxygens (including phenoxy) is 2. The molecule has 0 fully saturated rings. The zero-order chi connectivity index (χ0) is 14.8. The van der Waals surface area contributed by atoms with Crippen molar-refractivity contribution < 1.29 is 14.3 Å². The van der Waals surface area contributed by atoms with Gasteiger partial charge < -0.3 is 20.1 Å². The van der Waals surface area contributed by atoms with Crippen molar-refractivity contribution in [1.82, 2.24) is 5.32 Å². The third kappa shape index (κ3) is 5.93. The Morgan fingerprint density at radius 2 is 2.00 bits per heavy atom. The lowest BCUT2D eigenvalue weighted by molar-refractivity contribution is 0.192. The Kier molecular flexibility index (Phi) is 7.50. The van der Waals surface area contributed by atoms with Crippen LogP contribution >= 0.6 is 0 Å². The van der Waals surface area contributed by atoms with Gasteiger partial charge in [-0.3, -0.25) is 0 Å². The Hall–Kier alpha value is -1.75. The molecule has 0 saturated carbocycles. The van der Waals surface area contributed by atoms with E-state index in [1.165, 1.54) is 0 Å². The van der Waals surface area contributed by atoms with E-state index in [4.69, 9.17) is 9.47 Å². The Labute approximate surface area is 120 Å². The lowest BCUT2D eigenvalue weighted by Crippen LogP contribution is -2.29. The second-order valence-corrected chi connectivity index (χ2v) is 4.62. The van der Waals surface area contributed by atoms with Crippen LogP contribution in [0.3, 0.4) is 0 Å². The highest BCUT2D eigenvalue weighted by Crippen LogP contribution is 2.21. The molecule has 5 heteroatoms. The largest absolute Gasteiger partial charge is 0.496 e. The van der Waals surface area contributed by atoms with Gasteiger partial charge in [0.15, 0.2) is 0 Å². The predicted octanol–water partition coefficient (Wildman–Crippen LogP) is 2.94. The molecule has 0 spiro atoms. The normalized spacial score (nSPS) is 10.2. The summed E-state index contributed by atoms with van der Waals surface area (Å²) in [7, 11) is 3.33. The SMILES string of the molecule is COCCCCCNC(=O)Nc1ccc(OC)c(C)c1. The first-order chi connectivity index (χ1) is 9.67. The summed E-state index contributed by atoms with van der Waals surface area (Å²) in [6, 6.07) is 5.37. The molecule has 0 radical (unpaired) electrons. The standard InChI is InChI=1S/C15H24N2O3/c1-12-11-13(7-8-14(12)20-3)17-15(18)16-9-5-4-6-10-19-2/h7-8,11H,4-6,9-10H2,1-3H3,(H2,16,17,18). The minimum Gasteiger partial charge on any atom is -0.496 e. The number of carbonyl (C=O) groups excluding carboxylic acids is 1. The van der Waals surface area contributed by atoms with Crippen molar-refractivity contribution in [2.24, 2.45) is 0 Å². The van der Waals surface area contributed by atoms with Gasteiger partial charge in [0.1, 0.15) is 5.75 Å². The first-order valence-corrected chi connectivity index (χ1v) is 6.86. The summed E-state index contributed by atoms with van der Waals surface area (Å²) in [6.45, 7) is 3.39. The fourth-order valence-electron chi connectivity index (χ4n) is 1.88. The van der Waals surface area contributed by atoms with E-state index in [1.54, 1.807) is 14.2 Å². The summed E-state index contributed by atoms with van der Waals surface area (Å²) in [5.41, 5.74) is 1.75. The van der Waals surface area contributed by atoms with Crippen molar-refractivity contribution >= 4 is 11.7 Å². The van der Waals surface area contributed by atoms with Crippen LogP contribution in [0, 0.1) is 6.92 Å². The van der Waals surface area contributed by atoms with Crippen molar-refractivity contribution in [3.05, 3.63) is 23.8 Å². The first kappa shape index (κ1) is 16.3. The van der Waals surface area contributed by atoms with Crippen LogP contribution in [-0.2, 0) is 4.74 Å². The van der Waals surface area contributed by atoms with Crippen LogP contribution in [0.25, 0.3) is 0 Å². The Bertz CT molecular complexity index is 422. The van der Waals surface area contributed by atoms with E-state index in [1.807, 2.05) is 25.1 Å². The Morgan fingerprint density at radius 3 is 2.65 bits per heavy atom. The quantitative estimate of drug-likeness (QED) is 0.720. The molecule has 20 heavy (non-hydrogen) atoms. The van der Waals surface area contributed by atoms with E-state index in [9.17, 15) is 4.79 Å². The topological polar surface area (TPSA) is 59.6 Å². The van der Waals surface area contributed by atoms with Crippen LogP contribution in [-0.4, -0.2) is 33.4 Å². The van der Waals surface area contributed by atoms with Crippen LogP contribution in [0.5, 0.6) is 5.75 Å². The van der Waals surface area contributed by atoms with E-state index in [0.717, 1.165) is 42.9 Å². The van der Waals surface area contributed by atoms with Gasteiger partial charge in [0.2, 0.25) is 0 Å². The second kappa shape index (κ2) is 9.20. The number of amides is 2. The van der Waals surface area contributed by atoms with Gasteiger partial charge in [-0.05, 0) is 49.9 Å². The lowest BCUT2D eigenvalue weighted by Gasteiger charge is -2.10. The van der Waals surface area contributed by atoms with Crippen molar-refractivity contribution in [2.75, 3.05) is 32.7 Å². The number of urea groups is 1. The van der Waals surface area contributed by atoms with Crippen LogP contribution in [0.15, 0.2) is 18.2 Å². The number of methoxy groups -OCH3 is 2. The van der Waals surface area contributed by atoms with Crippen molar-refractivity contribution in [3.8, 4) is 5.75 Å². The minimum absolute atomic E-state index is 0.179. The molecule has 2 N–H and O–H groups in total. The highest BCUT2D eigenvalue weighted by Gasteiger charge is 2.03. The maximum Gasteiger partial charge on any atom is 0.319 e. The van der Waals surface area contributed by atoms with Gasteiger partial charge >= 0.3 is 6.03 Å². The molecule has 1 aromatic rings. The number of hydrogen-bond donors (Lipinski definition) is 2. The van der Waals surface area contributed by atoms with E-state index < -0.39 is 0 Å². The van der Waals surface area contributed by atoms with Gasteiger partial charge in [0.25, 0.3) is 0 Å². The molecule has 0 aliphatic heterocycles. The first-order valence-electron chi connectivity index (χ1n) is 6.86. The number of nitrogens with one attached hydrogen (secondary N) is 2. The van der Waals surface area contributed by atoms with Crippen LogP contribution in [0.4, 0.5) is 10.5 Å². The Balaban J connectivity index is 2.26. The maximum absolute atomic E-state index is 11.7. The number of carbonyl (C=O) groups is 1. The van der Waals surface area contributed by atoms with Gasteiger partial charge in [0.05, 0.1) is 7.11 Å². The third-order valence-corrected chi connectivity index (χ3v) is 2.96. The number of rotatable bonds is 8. The van der Waals surface area contributed by atoms with E-state index in [0.29, 0.717) is 6.54 Å². The highest BCUT2D eigenvalue weighted by atomic mass is 16.5. The molecule has 1 rings (SSSR count). The van der Waals surface area contributed by atoms with Gasteiger partial charge in [-0.25, -0.2) is 4.79 Å². The Morgan fingerprint density at radius 1 is 1.20 bits per heavy atom. The molecule has 0 heterocycles. The summed E-state index contributed by atoms with van der Waals surface area (Å²) in [5, 5.41) is 5.64. The van der Waals surface area contributed by atoms with E-state index in [2.05, 4.69) is 10.6 Å². The highest BCUT2D eigenvalue weighted by molar-refractivity contribution is 5.89. The summed E-state index contributed by atoms with van der Waals surface area (Å²) >= 11 is 0. The molecule has 5 nitrogen and oxygen atoms in total. The van der Waals surface area contributed by atoms with Gasteiger partial charge in [-0.1, -0.05) is 0 Å². The molecule has 0 aliphatic carbocycles. The zero-order valence-electron chi connectivity index (χ0n) is 12.5. The number of unbranched alkanes of at least 4 members (excludes halogenated alkanes) is 2. The average Bonchev–Trinajstić information content (AvgIpc) is 2.43. The lowest BCUT2D eigenvalue weighted by atomic mass is 10.2. The number of hydrogen-bond acceptors (Lipinski definition) is 3. The molecule has 0 aromatic heterocycles.